The summed E-state index contributed by atoms with van der Waals surface area (Å²) in [4.78, 5) is 43.8. The van der Waals surface area contributed by atoms with Crippen molar-refractivity contribution in [1.82, 2.24) is 5.32 Å². The van der Waals surface area contributed by atoms with Crippen molar-refractivity contribution in [2.45, 2.75) is 38.0 Å². The van der Waals surface area contributed by atoms with Gasteiger partial charge < -0.3 is 16.4 Å². The Morgan fingerprint density at radius 3 is 2.26 bits per heavy atom. The molecule has 39 heavy (non-hydrogen) atoms. The number of para-hydroxylation sites is 1. The molecule has 2 unspecified atom stereocenters. The van der Waals surface area contributed by atoms with Crippen molar-refractivity contribution in [2.24, 2.45) is 16.6 Å². The number of fused-ring (bicyclic) bond motifs is 1. The third-order valence-electron chi connectivity index (χ3n) is 6.55. The number of rotatable bonds is 8. The van der Waals surface area contributed by atoms with E-state index >= 15 is 0 Å². The second kappa shape index (κ2) is 11.5. The van der Waals surface area contributed by atoms with Crippen LogP contribution in [0, 0.1) is 12.8 Å². The summed E-state index contributed by atoms with van der Waals surface area (Å²) in [6.45, 7) is 1.81. The van der Waals surface area contributed by atoms with E-state index in [4.69, 9.17) is 5.73 Å². The van der Waals surface area contributed by atoms with Gasteiger partial charge in [0.2, 0.25) is 18.0 Å². The fourth-order valence-corrected chi connectivity index (χ4v) is 4.67. The van der Waals surface area contributed by atoms with E-state index in [1.54, 1.807) is 48.5 Å². The zero-order valence-corrected chi connectivity index (χ0v) is 21.0. The minimum atomic E-state index is -4.57. The SMILES string of the molecule is Cc1cccc2c1NC(=O)[C@@H](NC(=O)C(CCC(F)(F)F)C(C(N)=O)c1ccccc1)N=C2c1ccccc1. The van der Waals surface area contributed by atoms with E-state index in [-0.39, 0.29) is 0 Å². The van der Waals surface area contributed by atoms with Crippen molar-refractivity contribution in [3.63, 3.8) is 0 Å². The predicted molar refractivity (Wildman–Crippen MR) is 141 cm³/mol. The number of nitrogens with zero attached hydrogens (tertiary/aromatic N) is 1. The predicted octanol–water partition coefficient (Wildman–Crippen LogP) is 4.45. The van der Waals surface area contributed by atoms with Gasteiger partial charge in [-0.05, 0) is 24.5 Å². The number of hydrogen-bond acceptors (Lipinski definition) is 4. The third kappa shape index (κ3) is 6.51. The Morgan fingerprint density at radius 1 is 1.00 bits per heavy atom. The number of primary amides is 1. The fourth-order valence-electron chi connectivity index (χ4n) is 4.67. The highest BCUT2D eigenvalue weighted by Crippen LogP contribution is 2.33. The van der Waals surface area contributed by atoms with E-state index in [0.717, 1.165) is 5.56 Å². The van der Waals surface area contributed by atoms with Crippen molar-refractivity contribution >= 4 is 29.1 Å². The van der Waals surface area contributed by atoms with Crippen molar-refractivity contribution in [3.05, 3.63) is 101 Å². The lowest BCUT2D eigenvalue weighted by molar-refractivity contribution is -0.144. The molecule has 4 N–H and O–H groups in total. The molecule has 0 aromatic heterocycles. The number of hydrogen-bond donors (Lipinski definition) is 3. The van der Waals surface area contributed by atoms with Gasteiger partial charge in [0, 0.05) is 17.5 Å². The molecule has 3 amide bonds. The van der Waals surface area contributed by atoms with Gasteiger partial charge >= 0.3 is 6.18 Å². The fraction of sp³-hybridized carbons (Fsp3) is 0.241. The molecule has 0 spiro atoms. The average molecular weight is 537 g/mol. The molecule has 3 aromatic carbocycles. The summed E-state index contributed by atoms with van der Waals surface area (Å²) in [5.74, 6) is -5.41. The van der Waals surface area contributed by atoms with Crippen LogP contribution in [0.5, 0.6) is 0 Å². The van der Waals surface area contributed by atoms with Crippen molar-refractivity contribution in [2.75, 3.05) is 5.32 Å². The Bertz CT molecular complexity index is 1390. The largest absolute Gasteiger partial charge is 0.389 e. The quantitative estimate of drug-likeness (QED) is 0.395. The minimum absolute atomic E-state index is 0.300. The van der Waals surface area contributed by atoms with Crippen LogP contribution in [0.1, 0.15) is 41.0 Å². The van der Waals surface area contributed by atoms with Crippen LogP contribution >= 0.6 is 0 Å². The highest BCUT2D eigenvalue weighted by Gasteiger charge is 2.39. The van der Waals surface area contributed by atoms with Gasteiger partial charge in [-0.25, -0.2) is 4.99 Å². The van der Waals surface area contributed by atoms with Crippen LogP contribution in [0.4, 0.5) is 18.9 Å². The molecular weight excluding hydrogens is 509 g/mol. The number of aliphatic imine (C=N–C) groups is 1. The Morgan fingerprint density at radius 2 is 1.64 bits per heavy atom. The summed E-state index contributed by atoms with van der Waals surface area (Å²) in [5.41, 5.74) is 8.88. The van der Waals surface area contributed by atoms with E-state index in [1.807, 2.05) is 25.1 Å². The van der Waals surface area contributed by atoms with E-state index in [1.165, 1.54) is 12.1 Å². The second-order valence-corrected chi connectivity index (χ2v) is 9.29. The molecule has 1 aliphatic rings. The van der Waals surface area contributed by atoms with E-state index in [9.17, 15) is 27.6 Å². The van der Waals surface area contributed by atoms with Gasteiger partial charge in [-0.1, -0.05) is 78.9 Å². The highest BCUT2D eigenvalue weighted by atomic mass is 19.4. The Balaban J connectivity index is 1.73. The highest BCUT2D eigenvalue weighted by molar-refractivity contribution is 6.20. The van der Waals surface area contributed by atoms with Gasteiger partial charge in [-0.3, -0.25) is 14.4 Å². The maximum atomic E-state index is 13.6. The normalized spacial score (nSPS) is 16.7. The second-order valence-electron chi connectivity index (χ2n) is 9.29. The molecule has 0 aliphatic carbocycles. The van der Waals surface area contributed by atoms with Crippen LogP contribution < -0.4 is 16.4 Å². The van der Waals surface area contributed by atoms with Gasteiger partial charge in [0.15, 0.2) is 0 Å². The van der Waals surface area contributed by atoms with Crippen LogP contribution in [-0.4, -0.2) is 35.8 Å². The maximum absolute atomic E-state index is 13.6. The van der Waals surface area contributed by atoms with Crippen LogP contribution in [0.25, 0.3) is 0 Å². The maximum Gasteiger partial charge on any atom is 0.389 e. The Labute approximate surface area is 223 Å². The molecule has 4 rings (SSSR count). The number of alkyl halides is 3. The zero-order valence-electron chi connectivity index (χ0n) is 21.0. The van der Waals surface area contributed by atoms with Gasteiger partial charge in [0.1, 0.15) is 0 Å². The summed E-state index contributed by atoms with van der Waals surface area (Å²) < 4.78 is 39.6. The van der Waals surface area contributed by atoms with Gasteiger partial charge in [-0.2, -0.15) is 13.2 Å². The van der Waals surface area contributed by atoms with Crippen LogP contribution in [0.2, 0.25) is 0 Å². The van der Waals surface area contributed by atoms with Gasteiger partial charge in [0.05, 0.1) is 23.2 Å². The first-order chi connectivity index (χ1) is 18.5. The van der Waals surface area contributed by atoms with E-state index < -0.39 is 54.7 Å². The monoisotopic (exact) mass is 536 g/mol. The number of halogens is 3. The van der Waals surface area contributed by atoms with E-state index in [0.29, 0.717) is 28.1 Å². The van der Waals surface area contributed by atoms with Crippen molar-refractivity contribution < 1.29 is 27.6 Å². The van der Waals surface area contributed by atoms with Gasteiger partial charge in [0.25, 0.3) is 5.91 Å². The summed E-state index contributed by atoms with van der Waals surface area (Å²) in [5, 5.41) is 5.28. The van der Waals surface area contributed by atoms with Crippen LogP contribution in [0.15, 0.2) is 83.9 Å². The molecule has 0 saturated heterocycles. The smallest absolute Gasteiger partial charge is 0.369 e. The number of benzodiazepines with no additional fused rings is 1. The molecule has 10 heteroatoms. The molecule has 202 valence electrons. The molecule has 3 aromatic rings. The molecule has 0 radical (unpaired) electrons. The van der Waals surface area contributed by atoms with Crippen molar-refractivity contribution in [3.8, 4) is 0 Å². The number of anilines is 1. The Kier molecular flexibility index (Phi) is 8.13. The number of amides is 3. The number of carbonyl (C=O) groups is 3. The first-order valence-corrected chi connectivity index (χ1v) is 12.3. The average Bonchev–Trinajstić information content (AvgIpc) is 3.04. The molecule has 1 heterocycles. The number of carbonyl (C=O) groups excluding carboxylic acids is 3. The van der Waals surface area contributed by atoms with Crippen LogP contribution in [-0.2, 0) is 14.4 Å². The molecule has 0 saturated carbocycles. The zero-order chi connectivity index (χ0) is 28.2. The molecule has 7 nitrogen and oxygen atoms in total. The number of nitrogens with one attached hydrogen (secondary N) is 2. The lowest BCUT2D eigenvalue weighted by Crippen LogP contribution is -2.47. The summed E-state index contributed by atoms with van der Waals surface area (Å²) >= 11 is 0. The molecular formula is C29H27F3N4O3. The topological polar surface area (TPSA) is 114 Å². The van der Waals surface area contributed by atoms with Crippen molar-refractivity contribution in [1.29, 1.82) is 0 Å². The lowest BCUT2D eigenvalue weighted by Gasteiger charge is -2.26. The number of nitrogens with two attached hydrogens (primary N) is 1. The molecule has 0 fully saturated rings. The third-order valence-corrected chi connectivity index (χ3v) is 6.55. The minimum Gasteiger partial charge on any atom is -0.369 e. The van der Waals surface area contributed by atoms with Gasteiger partial charge in [-0.15, -0.1) is 0 Å². The summed E-state index contributed by atoms with van der Waals surface area (Å²) in [6.07, 6.45) is -8.07. The molecule has 3 atom stereocenters. The first kappa shape index (κ1) is 27.6. The van der Waals surface area contributed by atoms with Crippen LogP contribution in [0.3, 0.4) is 0 Å². The lowest BCUT2D eigenvalue weighted by atomic mass is 9.81. The molecule has 1 aliphatic heterocycles. The number of benzene rings is 3. The standard InChI is InChI=1S/C29H27F3N4O3/c1-17-9-8-14-21-23(17)35-28(39)26(34-24(21)19-12-6-3-7-13-19)36-27(38)20(15-16-29(30,31)32)22(25(33)37)18-10-4-2-5-11-18/h2-14,20,22,26H,15-16H2,1H3,(H2,33,37)(H,35,39)(H,36,38)/t20?,22?,26-/m1/s1. The Hall–Kier alpha value is -4.47. The van der Waals surface area contributed by atoms with E-state index in [2.05, 4.69) is 15.6 Å². The summed E-state index contributed by atoms with van der Waals surface area (Å²) in [7, 11) is 0. The molecule has 0 bridgehead atoms. The summed E-state index contributed by atoms with van der Waals surface area (Å²) in [6, 6.07) is 22.3. The number of aryl methyl sites for hydroxylation is 1. The first-order valence-electron chi connectivity index (χ1n) is 12.3.